The molecule has 1 aliphatic rings. The van der Waals surface area contributed by atoms with Gasteiger partial charge in [0, 0.05) is 0 Å². The predicted molar refractivity (Wildman–Crippen MR) is 77.1 cm³/mol. The molecule has 0 bridgehead atoms. The maximum Gasteiger partial charge on any atom is 0.123 e. The fourth-order valence-corrected chi connectivity index (χ4v) is 3.21. The summed E-state index contributed by atoms with van der Waals surface area (Å²) >= 11 is 0. The van der Waals surface area contributed by atoms with Crippen molar-refractivity contribution in [3.8, 4) is 5.75 Å². The number of benzene rings is 1. The first-order valence-electron chi connectivity index (χ1n) is 7.31. The van der Waals surface area contributed by atoms with Crippen LogP contribution in [-0.4, -0.2) is 6.10 Å². The van der Waals surface area contributed by atoms with Crippen molar-refractivity contribution in [3.05, 3.63) is 29.8 Å². The van der Waals surface area contributed by atoms with E-state index in [2.05, 4.69) is 52.0 Å². The Labute approximate surface area is 112 Å². The Balaban J connectivity index is 2.09. The van der Waals surface area contributed by atoms with Crippen molar-refractivity contribution in [3.63, 3.8) is 0 Å². The Kier molecular flexibility index (Phi) is 4.31. The van der Waals surface area contributed by atoms with Crippen LogP contribution in [0.3, 0.4) is 0 Å². The molecule has 1 aromatic rings. The molecule has 0 heterocycles. The molecule has 18 heavy (non-hydrogen) atoms. The van der Waals surface area contributed by atoms with Crippen LogP contribution in [0, 0.1) is 11.8 Å². The number of para-hydroxylation sites is 1. The van der Waals surface area contributed by atoms with Gasteiger partial charge in [-0.15, -0.1) is 0 Å². The summed E-state index contributed by atoms with van der Waals surface area (Å²) in [4.78, 5) is 0. The standard InChI is InChI=1S/C17H26O/c1-12(2)16-7-5-6-8-17(16)18-15-10-13(3)9-14(4)11-15/h5-8,12-15H,9-11H2,1-4H3. The third kappa shape index (κ3) is 3.28. The van der Waals surface area contributed by atoms with Crippen LogP contribution < -0.4 is 4.74 Å². The van der Waals surface area contributed by atoms with Crippen LogP contribution in [-0.2, 0) is 0 Å². The highest BCUT2D eigenvalue weighted by atomic mass is 16.5. The molecule has 100 valence electrons. The van der Waals surface area contributed by atoms with Gasteiger partial charge in [-0.1, -0.05) is 45.9 Å². The van der Waals surface area contributed by atoms with E-state index in [9.17, 15) is 0 Å². The molecular formula is C17H26O. The van der Waals surface area contributed by atoms with Gasteiger partial charge in [0.05, 0.1) is 6.10 Å². The molecule has 2 rings (SSSR count). The van der Waals surface area contributed by atoms with Crippen LogP contribution in [0.15, 0.2) is 24.3 Å². The van der Waals surface area contributed by atoms with Gasteiger partial charge < -0.3 is 4.74 Å². The molecule has 1 saturated carbocycles. The monoisotopic (exact) mass is 246 g/mol. The summed E-state index contributed by atoms with van der Waals surface area (Å²) < 4.78 is 6.29. The van der Waals surface area contributed by atoms with E-state index in [0.29, 0.717) is 12.0 Å². The summed E-state index contributed by atoms with van der Waals surface area (Å²) in [5, 5.41) is 0. The molecule has 0 aliphatic heterocycles. The highest BCUT2D eigenvalue weighted by molar-refractivity contribution is 5.35. The lowest BCUT2D eigenvalue weighted by Crippen LogP contribution is -2.28. The summed E-state index contributed by atoms with van der Waals surface area (Å²) in [7, 11) is 0. The maximum atomic E-state index is 6.29. The van der Waals surface area contributed by atoms with Gasteiger partial charge in [0.15, 0.2) is 0 Å². The second kappa shape index (κ2) is 5.77. The van der Waals surface area contributed by atoms with Crippen LogP contribution in [0.4, 0.5) is 0 Å². The Bertz CT molecular complexity index is 373. The predicted octanol–water partition coefficient (Wildman–Crippen LogP) is 5.01. The Morgan fingerprint density at radius 2 is 1.61 bits per heavy atom. The molecule has 0 amide bonds. The summed E-state index contributed by atoms with van der Waals surface area (Å²) in [5.74, 6) is 3.22. The molecular weight excluding hydrogens is 220 g/mol. The minimum absolute atomic E-state index is 0.406. The van der Waals surface area contributed by atoms with Gasteiger partial charge in [-0.05, 0) is 48.6 Å². The van der Waals surface area contributed by atoms with Gasteiger partial charge in [-0.25, -0.2) is 0 Å². The van der Waals surface area contributed by atoms with Crippen molar-refractivity contribution in [2.24, 2.45) is 11.8 Å². The molecule has 0 radical (unpaired) electrons. The van der Waals surface area contributed by atoms with Crippen LogP contribution in [0.5, 0.6) is 5.75 Å². The van der Waals surface area contributed by atoms with E-state index in [0.717, 1.165) is 17.6 Å². The van der Waals surface area contributed by atoms with E-state index in [1.165, 1.54) is 24.8 Å². The number of rotatable bonds is 3. The van der Waals surface area contributed by atoms with Crippen molar-refractivity contribution >= 4 is 0 Å². The minimum atomic E-state index is 0.406. The molecule has 2 atom stereocenters. The summed E-state index contributed by atoms with van der Waals surface area (Å²) in [6.07, 6.45) is 4.17. The van der Waals surface area contributed by atoms with E-state index in [1.807, 2.05) is 0 Å². The lowest BCUT2D eigenvalue weighted by Gasteiger charge is -2.32. The van der Waals surface area contributed by atoms with E-state index < -0.39 is 0 Å². The maximum absolute atomic E-state index is 6.29. The lowest BCUT2D eigenvalue weighted by atomic mass is 9.82. The van der Waals surface area contributed by atoms with Gasteiger partial charge in [-0.3, -0.25) is 0 Å². The Morgan fingerprint density at radius 1 is 1.00 bits per heavy atom. The van der Waals surface area contributed by atoms with Crippen LogP contribution >= 0.6 is 0 Å². The fraction of sp³-hybridized carbons (Fsp3) is 0.647. The van der Waals surface area contributed by atoms with Gasteiger partial charge in [0.2, 0.25) is 0 Å². The molecule has 2 unspecified atom stereocenters. The van der Waals surface area contributed by atoms with E-state index >= 15 is 0 Å². The van der Waals surface area contributed by atoms with Gasteiger partial charge in [0.25, 0.3) is 0 Å². The Hall–Kier alpha value is -0.980. The van der Waals surface area contributed by atoms with Crippen LogP contribution in [0.25, 0.3) is 0 Å². The summed E-state index contributed by atoms with van der Waals surface area (Å²) in [6, 6.07) is 8.50. The molecule has 0 N–H and O–H groups in total. The molecule has 1 aromatic carbocycles. The molecule has 1 aliphatic carbocycles. The first-order valence-corrected chi connectivity index (χ1v) is 7.31. The topological polar surface area (TPSA) is 9.23 Å². The van der Waals surface area contributed by atoms with Crippen molar-refractivity contribution in [2.45, 2.75) is 59.0 Å². The van der Waals surface area contributed by atoms with E-state index in [-0.39, 0.29) is 0 Å². The van der Waals surface area contributed by atoms with Gasteiger partial charge in [0.1, 0.15) is 5.75 Å². The SMILES string of the molecule is CC1CC(C)CC(Oc2ccccc2C(C)C)C1. The van der Waals surface area contributed by atoms with Crippen molar-refractivity contribution in [1.29, 1.82) is 0 Å². The first kappa shape index (κ1) is 13.5. The normalized spacial score (nSPS) is 28.4. The van der Waals surface area contributed by atoms with Crippen molar-refractivity contribution in [2.75, 3.05) is 0 Å². The molecule has 0 saturated heterocycles. The molecule has 1 heteroatoms. The van der Waals surface area contributed by atoms with E-state index in [1.54, 1.807) is 0 Å². The highest BCUT2D eigenvalue weighted by Crippen LogP contribution is 2.33. The lowest BCUT2D eigenvalue weighted by molar-refractivity contribution is 0.0998. The number of ether oxygens (including phenoxy) is 1. The fourth-order valence-electron chi connectivity index (χ4n) is 3.21. The Morgan fingerprint density at radius 3 is 2.22 bits per heavy atom. The van der Waals surface area contributed by atoms with Crippen LogP contribution in [0.2, 0.25) is 0 Å². The summed E-state index contributed by atoms with van der Waals surface area (Å²) in [5.41, 5.74) is 1.34. The van der Waals surface area contributed by atoms with Crippen molar-refractivity contribution in [1.82, 2.24) is 0 Å². The largest absolute Gasteiger partial charge is 0.490 e. The zero-order valence-corrected chi connectivity index (χ0v) is 12.1. The zero-order chi connectivity index (χ0) is 13.1. The second-order valence-electron chi connectivity index (χ2n) is 6.35. The quantitative estimate of drug-likeness (QED) is 0.728. The average Bonchev–Trinajstić information content (AvgIpc) is 2.27. The molecule has 1 nitrogen and oxygen atoms in total. The number of hydrogen-bond donors (Lipinski definition) is 0. The zero-order valence-electron chi connectivity index (χ0n) is 12.1. The summed E-state index contributed by atoms with van der Waals surface area (Å²) in [6.45, 7) is 9.16. The van der Waals surface area contributed by atoms with Gasteiger partial charge >= 0.3 is 0 Å². The smallest absolute Gasteiger partial charge is 0.123 e. The minimum Gasteiger partial charge on any atom is -0.490 e. The average molecular weight is 246 g/mol. The first-order chi connectivity index (χ1) is 8.56. The van der Waals surface area contributed by atoms with Crippen LogP contribution in [0.1, 0.15) is 58.4 Å². The van der Waals surface area contributed by atoms with E-state index in [4.69, 9.17) is 4.74 Å². The highest BCUT2D eigenvalue weighted by Gasteiger charge is 2.25. The number of hydrogen-bond acceptors (Lipinski definition) is 1. The third-order valence-electron chi connectivity index (χ3n) is 3.97. The molecule has 0 aromatic heterocycles. The van der Waals surface area contributed by atoms with Gasteiger partial charge in [-0.2, -0.15) is 0 Å². The third-order valence-corrected chi connectivity index (χ3v) is 3.97. The second-order valence-corrected chi connectivity index (χ2v) is 6.35. The molecule has 0 spiro atoms. The van der Waals surface area contributed by atoms with Crippen molar-refractivity contribution < 1.29 is 4.74 Å². The molecule has 1 fully saturated rings.